The summed E-state index contributed by atoms with van der Waals surface area (Å²) in [5, 5.41) is 10.6. The van der Waals surface area contributed by atoms with Crippen molar-refractivity contribution in [2.24, 2.45) is 0 Å². The molecule has 0 radical (unpaired) electrons. The normalized spacial score (nSPS) is 11.0. The lowest BCUT2D eigenvalue weighted by Gasteiger charge is -2.08. The molecule has 0 aliphatic rings. The second-order valence-corrected chi connectivity index (χ2v) is 6.40. The molecule has 2 aromatic carbocycles. The van der Waals surface area contributed by atoms with Crippen molar-refractivity contribution in [2.45, 2.75) is 0 Å². The van der Waals surface area contributed by atoms with Crippen LogP contribution in [0.4, 0.5) is 0 Å². The molecule has 0 fully saturated rings. The van der Waals surface area contributed by atoms with Crippen LogP contribution in [0, 0.1) is 0 Å². The number of phenolic OH excluding ortho intramolecular Hbond substituents is 1. The number of phenols is 1. The fourth-order valence-electron chi connectivity index (χ4n) is 2.03. The molecule has 106 valence electrons. The van der Waals surface area contributed by atoms with Crippen molar-refractivity contribution < 1.29 is 9.52 Å². The molecule has 0 bridgehead atoms. The molecule has 21 heavy (non-hydrogen) atoms. The maximum absolute atomic E-state index is 12.3. The van der Waals surface area contributed by atoms with E-state index in [9.17, 15) is 9.90 Å². The molecule has 0 aliphatic carbocycles. The van der Waals surface area contributed by atoms with Crippen molar-refractivity contribution >= 4 is 54.4 Å². The quantitative estimate of drug-likeness (QED) is 0.567. The first-order chi connectivity index (χ1) is 9.99. The first-order valence-electron chi connectivity index (χ1n) is 5.88. The Labute approximate surface area is 141 Å². The second kappa shape index (κ2) is 5.48. The predicted octanol–water partition coefficient (Wildman–Crippen LogP) is 5.34. The Kier molecular flexibility index (Phi) is 3.82. The highest BCUT2D eigenvalue weighted by Gasteiger charge is 2.16. The molecule has 0 saturated heterocycles. The number of halogens is 3. The van der Waals surface area contributed by atoms with Crippen molar-refractivity contribution in [1.29, 1.82) is 0 Å². The van der Waals surface area contributed by atoms with Gasteiger partial charge in [0, 0.05) is 11.6 Å². The minimum atomic E-state index is -0.263. The van der Waals surface area contributed by atoms with Crippen molar-refractivity contribution in [2.75, 3.05) is 0 Å². The third-order valence-corrected chi connectivity index (χ3v) is 4.73. The first-order valence-corrected chi connectivity index (χ1v) is 7.85. The lowest BCUT2D eigenvalue weighted by atomic mass is 10.1. The Hall–Kier alpha value is -1.30. The van der Waals surface area contributed by atoms with Gasteiger partial charge in [-0.1, -0.05) is 23.7 Å². The third kappa shape index (κ3) is 2.50. The Morgan fingerprint density at radius 3 is 2.57 bits per heavy atom. The highest BCUT2D eigenvalue weighted by atomic mass is 79.9. The van der Waals surface area contributed by atoms with Crippen molar-refractivity contribution in [3.8, 4) is 17.1 Å². The van der Waals surface area contributed by atoms with Crippen LogP contribution >= 0.6 is 43.5 Å². The van der Waals surface area contributed by atoms with E-state index in [1.54, 1.807) is 24.3 Å². The Balaban J connectivity index is 2.38. The largest absolute Gasteiger partial charge is 0.506 e. The third-order valence-electron chi connectivity index (χ3n) is 3.03. The average Bonchev–Trinajstić information content (AvgIpc) is 2.44. The Bertz CT molecular complexity index is 919. The first kappa shape index (κ1) is 14.6. The van der Waals surface area contributed by atoms with Crippen molar-refractivity contribution in [1.82, 2.24) is 0 Å². The molecule has 3 nitrogen and oxygen atoms in total. The summed E-state index contributed by atoms with van der Waals surface area (Å²) in [6.07, 6.45) is 0. The van der Waals surface area contributed by atoms with E-state index in [0.717, 1.165) is 0 Å². The summed E-state index contributed by atoms with van der Waals surface area (Å²) in [7, 11) is 0. The topological polar surface area (TPSA) is 50.4 Å². The Morgan fingerprint density at radius 2 is 1.86 bits per heavy atom. The fraction of sp³-hybridized carbons (Fsp3) is 0. The van der Waals surface area contributed by atoms with Crippen LogP contribution in [0.3, 0.4) is 0 Å². The van der Waals surface area contributed by atoms with Gasteiger partial charge < -0.3 is 9.52 Å². The molecule has 0 atom stereocenters. The van der Waals surface area contributed by atoms with Gasteiger partial charge in [-0.05, 0) is 50.1 Å². The smallest absolute Gasteiger partial charge is 0.194 e. The zero-order valence-electron chi connectivity index (χ0n) is 10.4. The summed E-state index contributed by atoms with van der Waals surface area (Å²) < 4.78 is 6.50. The molecular weight excluding hydrogens is 423 g/mol. The minimum absolute atomic E-state index is 0.0414. The van der Waals surface area contributed by atoms with Crippen LogP contribution in [0.5, 0.6) is 5.75 Å². The zero-order chi connectivity index (χ0) is 15.1. The van der Waals surface area contributed by atoms with Gasteiger partial charge >= 0.3 is 0 Å². The number of benzene rings is 2. The highest BCUT2D eigenvalue weighted by Crippen LogP contribution is 2.38. The van der Waals surface area contributed by atoms with E-state index >= 15 is 0 Å². The van der Waals surface area contributed by atoms with Crippen LogP contribution in [-0.2, 0) is 0 Å². The standard InChI is InChI=1S/C15H7Br2ClO3/c16-8-5-12-13(14(17)15(8)20)10(19)6-11(21-12)7-3-1-2-4-9(7)18/h1-6,20H. The molecule has 6 heteroatoms. The van der Waals surface area contributed by atoms with E-state index in [4.69, 9.17) is 16.0 Å². The highest BCUT2D eigenvalue weighted by molar-refractivity contribution is 9.11. The maximum atomic E-state index is 12.3. The number of aromatic hydroxyl groups is 1. The second-order valence-electron chi connectivity index (χ2n) is 4.35. The lowest BCUT2D eigenvalue weighted by molar-refractivity contribution is 0.469. The van der Waals surface area contributed by atoms with Crippen LogP contribution in [0.2, 0.25) is 5.02 Å². The average molecular weight is 430 g/mol. The van der Waals surface area contributed by atoms with E-state index in [1.165, 1.54) is 6.07 Å². The van der Waals surface area contributed by atoms with Crippen LogP contribution < -0.4 is 5.43 Å². The van der Waals surface area contributed by atoms with Gasteiger partial charge in [0.05, 0.1) is 19.4 Å². The SMILES string of the molecule is O=c1cc(-c2ccccc2Cl)oc2cc(Br)c(O)c(Br)c12. The molecule has 0 spiro atoms. The molecule has 0 aliphatic heterocycles. The monoisotopic (exact) mass is 428 g/mol. The minimum Gasteiger partial charge on any atom is -0.506 e. The van der Waals surface area contributed by atoms with Gasteiger partial charge in [-0.25, -0.2) is 0 Å². The number of hydrogen-bond acceptors (Lipinski definition) is 3. The van der Waals surface area contributed by atoms with Crippen LogP contribution in [0.25, 0.3) is 22.3 Å². The summed E-state index contributed by atoms with van der Waals surface area (Å²) in [5.41, 5.74) is 0.730. The predicted molar refractivity (Wildman–Crippen MR) is 90.0 cm³/mol. The molecule has 1 aromatic heterocycles. The van der Waals surface area contributed by atoms with Crippen molar-refractivity contribution in [3.63, 3.8) is 0 Å². The van der Waals surface area contributed by atoms with Crippen LogP contribution in [0.15, 0.2) is 54.6 Å². The van der Waals surface area contributed by atoms with Crippen LogP contribution in [0.1, 0.15) is 0 Å². The Morgan fingerprint density at radius 1 is 1.14 bits per heavy atom. The summed E-state index contributed by atoms with van der Waals surface area (Å²) in [4.78, 5) is 12.3. The molecule has 0 amide bonds. The molecule has 3 rings (SSSR count). The summed E-state index contributed by atoms with van der Waals surface area (Å²) in [6.45, 7) is 0. The van der Waals surface area contributed by atoms with Crippen LogP contribution in [-0.4, -0.2) is 5.11 Å². The van der Waals surface area contributed by atoms with E-state index in [-0.39, 0.29) is 16.6 Å². The molecule has 1 heterocycles. The summed E-state index contributed by atoms with van der Waals surface area (Å²) in [6, 6.07) is 10.0. The van der Waals surface area contributed by atoms with Gasteiger partial charge in [0.25, 0.3) is 0 Å². The van der Waals surface area contributed by atoms with Gasteiger partial charge in [-0.3, -0.25) is 4.79 Å². The molecule has 0 unspecified atom stereocenters. The number of hydrogen-bond donors (Lipinski definition) is 1. The number of fused-ring (bicyclic) bond motifs is 1. The number of rotatable bonds is 1. The molecule has 0 saturated carbocycles. The van der Waals surface area contributed by atoms with Gasteiger partial charge in [0.15, 0.2) is 5.43 Å². The maximum Gasteiger partial charge on any atom is 0.194 e. The van der Waals surface area contributed by atoms with E-state index in [0.29, 0.717) is 30.9 Å². The van der Waals surface area contributed by atoms with E-state index < -0.39 is 0 Å². The van der Waals surface area contributed by atoms with Gasteiger partial charge in [0.1, 0.15) is 17.1 Å². The van der Waals surface area contributed by atoms with E-state index in [1.807, 2.05) is 6.07 Å². The van der Waals surface area contributed by atoms with Crippen molar-refractivity contribution in [3.05, 3.63) is 60.6 Å². The summed E-state index contributed by atoms with van der Waals surface area (Å²) >= 11 is 12.6. The fourth-order valence-corrected chi connectivity index (χ4v) is 3.54. The van der Waals surface area contributed by atoms with Gasteiger partial charge in [-0.2, -0.15) is 0 Å². The zero-order valence-corrected chi connectivity index (χ0v) is 14.3. The molecule has 3 aromatic rings. The van der Waals surface area contributed by atoms with Gasteiger partial charge in [-0.15, -0.1) is 0 Å². The summed E-state index contributed by atoms with van der Waals surface area (Å²) in [5.74, 6) is 0.336. The van der Waals surface area contributed by atoms with E-state index in [2.05, 4.69) is 31.9 Å². The lowest BCUT2D eigenvalue weighted by Crippen LogP contribution is -2.01. The molecular formula is C15H7Br2ClO3. The molecule has 1 N–H and O–H groups in total. The van der Waals surface area contributed by atoms with Gasteiger partial charge in [0.2, 0.25) is 0 Å².